The van der Waals surface area contributed by atoms with Gasteiger partial charge >= 0.3 is 5.97 Å². The van der Waals surface area contributed by atoms with E-state index in [4.69, 9.17) is 4.74 Å². The first kappa shape index (κ1) is 8.31. The Hall–Kier alpha value is -0.790. The van der Waals surface area contributed by atoms with Crippen LogP contribution < -0.4 is 0 Å². The van der Waals surface area contributed by atoms with Gasteiger partial charge < -0.3 is 4.74 Å². The first-order chi connectivity index (χ1) is 5.33. The number of carbonyl (C=O) groups is 1. The van der Waals surface area contributed by atoms with Crippen molar-refractivity contribution in [3.05, 3.63) is 12.7 Å². The van der Waals surface area contributed by atoms with Crippen LogP contribution in [0.3, 0.4) is 0 Å². The zero-order valence-electron chi connectivity index (χ0n) is 6.71. The van der Waals surface area contributed by atoms with Gasteiger partial charge in [0.05, 0.1) is 6.61 Å². The van der Waals surface area contributed by atoms with E-state index in [0.717, 1.165) is 6.42 Å². The predicted molar refractivity (Wildman–Crippen MR) is 43.1 cm³/mol. The second-order valence-electron chi connectivity index (χ2n) is 2.95. The van der Waals surface area contributed by atoms with Crippen molar-refractivity contribution in [1.29, 1.82) is 0 Å². The molecule has 0 bridgehead atoms. The Kier molecular flexibility index (Phi) is 3.14. The third kappa shape index (κ3) is 3.81. The summed E-state index contributed by atoms with van der Waals surface area (Å²) in [7, 11) is 0. The Balaban J connectivity index is 1.95. The molecular weight excluding hydrogens is 140 g/mol. The van der Waals surface area contributed by atoms with E-state index in [-0.39, 0.29) is 5.97 Å². The molecule has 0 N–H and O–H groups in total. The molecule has 0 aromatic rings. The van der Waals surface area contributed by atoms with Gasteiger partial charge in [0.2, 0.25) is 0 Å². The van der Waals surface area contributed by atoms with E-state index in [2.05, 4.69) is 6.58 Å². The Morgan fingerprint density at radius 1 is 1.64 bits per heavy atom. The molecule has 1 aliphatic rings. The number of rotatable bonds is 5. The molecule has 1 rings (SSSR count). The fourth-order valence-corrected chi connectivity index (χ4v) is 0.873. The number of hydrogen-bond donors (Lipinski definition) is 0. The van der Waals surface area contributed by atoms with Gasteiger partial charge in [-0.25, -0.2) is 0 Å². The molecule has 0 atom stereocenters. The molecule has 0 amide bonds. The zero-order valence-corrected chi connectivity index (χ0v) is 6.71. The molecule has 0 aliphatic heterocycles. The molecule has 0 radical (unpaired) electrons. The number of ether oxygens (including phenoxy) is 1. The topological polar surface area (TPSA) is 26.3 Å². The van der Waals surface area contributed by atoms with Crippen LogP contribution in [0.15, 0.2) is 12.7 Å². The minimum absolute atomic E-state index is 0.0469. The second-order valence-corrected chi connectivity index (χ2v) is 2.95. The highest BCUT2D eigenvalue weighted by atomic mass is 16.5. The van der Waals surface area contributed by atoms with Crippen molar-refractivity contribution in [2.24, 2.45) is 5.92 Å². The van der Waals surface area contributed by atoms with Crippen LogP contribution >= 0.6 is 0 Å². The lowest BCUT2D eigenvalue weighted by Crippen LogP contribution is -2.05. The normalized spacial score (nSPS) is 16.0. The van der Waals surface area contributed by atoms with E-state index in [1.807, 2.05) is 0 Å². The lowest BCUT2D eigenvalue weighted by Gasteiger charge is -2.00. The predicted octanol–water partition coefficient (Wildman–Crippen LogP) is 1.91. The second kappa shape index (κ2) is 4.16. The van der Waals surface area contributed by atoms with Gasteiger partial charge in [0.1, 0.15) is 0 Å². The van der Waals surface area contributed by atoms with Gasteiger partial charge in [-0.05, 0) is 25.2 Å². The maximum Gasteiger partial charge on any atom is 0.306 e. The van der Waals surface area contributed by atoms with Crippen LogP contribution in [0.25, 0.3) is 0 Å². The molecule has 0 aromatic heterocycles. The minimum atomic E-state index is -0.0469. The average Bonchev–Trinajstić information content (AvgIpc) is 2.72. The van der Waals surface area contributed by atoms with Crippen LogP contribution in [0.4, 0.5) is 0 Å². The van der Waals surface area contributed by atoms with Gasteiger partial charge in [-0.3, -0.25) is 4.79 Å². The molecule has 62 valence electrons. The standard InChI is InChI=1S/C9H14O2/c1-2-3-6-11-9(10)7-8-4-5-8/h2,8H,1,3-7H2. The van der Waals surface area contributed by atoms with Crippen molar-refractivity contribution in [1.82, 2.24) is 0 Å². The quantitative estimate of drug-likeness (QED) is 0.343. The SMILES string of the molecule is C=CCCOC(=O)CC1CC1. The third-order valence-corrected chi connectivity index (χ3v) is 1.74. The van der Waals surface area contributed by atoms with E-state index in [0.29, 0.717) is 18.9 Å². The third-order valence-electron chi connectivity index (χ3n) is 1.74. The fourth-order valence-electron chi connectivity index (χ4n) is 0.873. The molecular formula is C9H14O2. The summed E-state index contributed by atoms with van der Waals surface area (Å²) in [4.78, 5) is 10.9. The zero-order chi connectivity index (χ0) is 8.10. The maximum absolute atomic E-state index is 10.9. The van der Waals surface area contributed by atoms with Crippen molar-refractivity contribution in [2.75, 3.05) is 6.61 Å². The monoisotopic (exact) mass is 154 g/mol. The molecule has 2 heteroatoms. The van der Waals surface area contributed by atoms with Crippen molar-refractivity contribution < 1.29 is 9.53 Å². The summed E-state index contributed by atoms with van der Waals surface area (Å²) in [6.07, 6.45) is 5.55. The molecule has 0 unspecified atom stereocenters. The van der Waals surface area contributed by atoms with Crippen molar-refractivity contribution in [2.45, 2.75) is 25.7 Å². The van der Waals surface area contributed by atoms with Crippen molar-refractivity contribution >= 4 is 5.97 Å². The Bertz CT molecular complexity index is 148. The summed E-state index contributed by atoms with van der Waals surface area (Å²) in [6, 6.07) is 0. The summed E-state index contributed by atoms with van der Waals surface area (Å²) >= 11 is 0. The summed E-state index contributed by atoms with van der Waals surface area (Å²) in [5.74, 6) is 0.584. The number of carbonyl (C=O) groups excluding carboxylic acids is 1. The highest BCUT2D eigenvalue weighted by Crippen LogP contribution is 2.32. The van der Waals surface area contributed by atoms with Gasteiger partial charge in [-0.1, -0.05) is 6.08 Å². The minimum Gasteiger partial charge on any atom is -0.465 e. The molecule has 2 nitrogen and oxygen atoms in total. The van der Waals surface area contributed by atoms with Crippen LogP contribution in [0, 0.1) is 5.92 Å². The molecule has 0 saturated heterocycles. The van der Waals surface area contributed by atoms with E-state index >= 15 is 0 Å². The summed E-state index contributed by atoms with van der Waals surface area (Å²) < 4.78 is 4.92. The molecule has 0 heterocycles. The van der Waals surface area contributed by atoms with Crippen LogP contribution in [0.5, 0.6) is 0 Å². The van der Waals surface area contributed by atoms with Crippen molar-refractivity contribution in [3.8, 4) is 0 Å². The molecule has 1 aliphatic carbocycles. The molecule has 1 saturated carbocycles. The maximum atomic E-state index is 10.9. The largest absolute Gasteiger partial charge is 0.465 e. The molecule has 11 heavy (non-hydrogen) atoms. The van der Waals surface area contributed by atoms with Gasteiger partial charge in [-0.2, -0.15) is 0 Å². The van der Waals surface area contributed by atoms with Crippen LogP contribution in [0.1, 0.15) is 25.7 Å². The summed E-state index contributed by atoms with van der Waals surface area (Å²) in [5, 5.41) is 0. The highest BCUT2D eigenvalue weighted by molar-refractivity contribution is 5.70. The fraction of sp³-hybridized carbons (Fsp3) is 0.667. The number of hydrogen-bond acceptors (Lipinski definition) is 2. The van der Waals surface area contributed by atoms with Crippen molar-refractivity contribution in [3.63, 3.8) is 0 Å². The summed E-state index contributed by atoms with van der Waals surface area (Å²) in [5.41, 5.74) is 0. The Morgan fingerprint density at radius 2 is 2.36 bits per heavy atom. The van der Waals surface area contributed by atoms with Gasteiger partial charge in [0.15, 0.2) is 0 Å². The lowest BCUT2D eigenvalue weighted by atomic mass is 10.3. The smallest absolute Gasteiger partial charge is 0.306 e. The van der Waals surface area contributed by atoms with Crippen LogP contribution in [-0.2, 0) is 9.53 Å². The lowest BCUT2D eigenvalue weighted by molar-refractivity contribution is -0.143. The first-order valence-corrected chi connectivity index (χ1v) is 4.09. The van der Waals surface area contributed by atoms with E-state index in [1.54, 1.807) is 6.08 Å². The van der Waals surface area contributed by atoms with Crippen LogP contribution in [0.2, 0.25) is 0 Å². The Morgan fingerprint density at radius 3 is 2.91 bits per heavy atom. The molecule has 0 aromatic carbocycles. The van der Waals surface area contributed by atoms with E-state index < -0.39 is 0 Å². The summed E-state index contributed by atoms with van der Waals surface area (Å²) in [6.45, 7) is 4.03. The molecule has 1 fully saturated rings. The number of esters is 1. The van der Waals surface area contributed by atoms with Gasteiger partial charge in [0, 0.05) is 6.42 Å². The van der Waals surface area contributed by atoms with Crippen LogP contribution in [-0.4, -0.2) is 12.6 Å². The van der Waals surface area contributed by atoms with E-state index in [9.17, 15) is 4.79 Å². The van der Waals surface area contributed by atoms with Gasteiger partial charge in [0.25, 0.3) is 0 Å². The average molecular weight is 154 g/mol. The Labute approximate surface area is 67.2 Å². The highest BCUT2D eigenvalue weighted by Gasteiger charge is 2.24. The molecule has 0 spiro atoms. The van der Waals surface area contributed by atoms with E-state index in [1.165, 1.54) is 12.8 Å². The first-order valence-electron chi connectivity index (χ1n) is 4.09. The van der Waals surface area contributed by atoms with Gasteiger partial charge in [-0.15, -0.1) is 6.58 Å².